The summed E-state index contributed by atoms with van der Waals surface area (Å²) in [6.07, 6.45) is 4.28. The number of aromatic hydroxyl groups is 1. The lowest BCUT2D eigenvalue weighted by Crippen LogP contribution is -2.51. The monoisotopic (exact) mass is 583 g/mol. The molecule has 0 spiro atoms. The Morgan fingerprint density at radius 1 is 1.05 bits per heavy atom. The van der Waals surface area contributed by atoms with E-state index in [0.29, 0.717) is 50.6 Å². The number of phenolic OH excluding ortho intramolecular Hbond substituents is 1. The van der Waals surface area contributed by atoms with E-state index in [9.17, 15) is 37.8 Å². The van der Waals surface area contributed by atoms with Crippen molar-refractivity contribution in [1.82, 2.24) is 15.4 Å². The first-order chi connectivity index (χ1) is 18.8. The van der Waals surface area contributed by atoms with Gasteiger partial charge in [0.1, 0.15) is 11.8 Å². The summed E-state index contributed by atoms with van der Waals surface area (Å²) >= 11 is 0. The van der Waals surface area contributed by atoms with Crippen LogP contribution < -0.4 is 26.8 Å². The van der Waals surface area contributed by atoms with Crippen LogP contribution in [-0.4, -0.2) is 73.8 Å². The molecule has 0 aliphatic heterocycles. The van der Waals surface area contributed by atoms with Crippen LogP contribution in [0.5, 0.6) is 5.75 Å². The Balaban J connectivity index is 2.06. The molecule has 3 atom stereocenters. The summed E-state index contributed by atoms with van der Waals surface area (Å²) in [4.78, 5) is 50.9. The molecule has 0 radical (unpaired) electrons. The molecule has 0 aromatic heterocycles. The molecule has 0 saturated heterocycles. The molecule has 14 heteroatoms. The third kappa shape index (κ3) is 10.5. The van der Waals surface area contributed by atoms with Gasteiger partial charge in [0.25, 0.3) is 0 Å². The van der Waals surface area contributed by atoms with E-state index < -0.39 is 57.1 Å². The number of carboxylic acids is 1. The maximum absolute atomic E-state index is 13.3. The Morgan fingerprint density at radius 2 is 1.68 bits per heavy atom. The highest BCUT2D eigenvalue weighted by molar-refractivity contribution is 7.88. The number of imide groups is 1. The fraction of sp³-hybridized carbons (Fsp3) is 0.615. The number of nitrogens with two attached hydrogens (primary N) is 2. The molecule has 1 unspecified atom stereocenters. The smallest absolute Gasteiger partial charge is 0.308 e. The van der Waals surface area contributed by atoms with E-state index in [4.69, 9.17) is 11.5 Å². The number of amides is 3. The van der Waals surface area contributed by atoms with Gasteiger partial charge in [-0.3, -0.25) is 24.5 Å². The maximum Gasteiger partial charge on any atom is 0.308 e. The van der Waals surface area contributed by atoms with Crippen LogP contribution >= 0.6 is 0 Å². The maximum atomic E-state index is 13.3. The summed E-state index contributed by atoms with van der Waals surface area (Å²) in [5.74, 6) is -4.29. The number of rotatable bonds is 16. The number of hydrogen-bond donors (Lipinski definition) is 7. The van der Waals surface area contributed by atoms with Crippen LogP contribution in [0, 0.1) is 11.3 Å². The normalized spacial score (nSPS) is 17.0. The molecule has 1 fully saturated rings. The molecule has 1 aromatic carbocycles. The highest BCUT2D eigenvalue weighted by Gasteiger charge is 2.45. The van der Waals surface area contributed by atoms with Crippen molar-refractivity contribution >= 4 is 33.7 Å². The third-order valence-electron chi connectivity index (χ3n) is 7.14. The fourth-order valence-electron chi connectivity index (χ4n) is 4.95. The molecule has 0 heterocycles. The first kappa shape index (κ1) is 33.1. The second-order valence-electron chi connectivity index (χ2n) is 10.5. The first-order valence-electron chi connectivity index (χ1n) is 13.3. The average Bonchev–Trinajstić information content (AvgIpc) is 3.36. The Kier molecular flexibility index (Phi) is 12.5. The van der Waals surface area contributed by atoms with Gasteiger partial charge >= 0.3 is 5.97 Å². The number of aliphatic carboxylic acids is 1. The van der Waals surface area contributed by atoms with Gasteiger partial charge in [0, 0.05) is 6.54 Å². The molecule has 1 aliphatic rings. The zero-order chi connectivity index (χ0) is 29.9. The van der Waals surface area contributed by atoms with Gasteiger partial charge < -0.3 is 27.0 Å². The van der Waals surface area contributed by atoms with Crippen molar-refractivity contribution in [3.05, 3.63) is 29.8 Å². The lowest BCUT2D eigenvalue weighted by Gasteiger charge is -2.31. The molecule has 1 aliphatic carbocycles. The van der Waals surface area contributed by atoms with Crippen LogP contribution in [0.3, 0.4) is 0 Å². The van der Waals surface area contributed by atoms with E-state index in [0.717, 1.165) is 6.26 Å². The number of benzene rings is 1. The molecule has 1 aromatic rings. The van der Waals surface area contributed by atoms with E-state index >= 15 is 0 Å². The largest absolute Gasteiger partial charge is 0.508 e. The number of hydrogen-bond acceptors (Lipinski definition) is 9. The fourth-order valence-corrected chi connectivity index (χ4v) is 5.69. The van der Waals surface area contributed by atoms with Crippen LogP contribution in [-0.2, 0) is 35.6 Å². The molecule has 3 amide bonds. The van der Waals surface area contributed by atoms with Gasteiger partial charge in [-0.15, -0.1) is 0 Å². The highest BCUT2D eigenvalue weighted by atomic mass is 32.2. The summed E-state index contributed by atoms with van der Waals surface area (Å²) in [5, 5.41) is 24.2. The number of unbranched alkanes of at least 4 members (excludes halogenated alkanes) is 1. The number of carbonyl (C=O) groups excluding carboxylic acids is 3. The molecule has 13 nitrogen and oxygen atoms in total. The Hall–Kier alpha value is -3.07. The Morgan fingerprint density at radius 3 is 2.23 bits per heavy atom. The first-order valence-corrected chi connectivity index (χ1v) is 15.2. The van der Waals surface area contributed by atoms with Crippen molar-refractivity contribution in [1.29, 1.82) is 0 Å². The minimum atomic E-state index is -3.71. The van der Waals surface area contributed by atoms with Crippen LogP contribution in [0.2, 0.25) is 0 Å². The van der Waals surface area contributed by atoms with Gasteiger partial charge in [0.05, 0.1) is 23.6 Å². The van der Waals surface area contributed by atoms with Crippen LogP contribution in [0.4, 0.5) is 0 Å². The zero-order valence-electron chi connectivity index (χ0n) is 22.7. The van der Waals surface area contributed by atoms with Crippen LogP contribution in [0.1, 0.15) is 56.9 Å². The van der Waals surface area contributed by atoms with Crippen molar-refractivity contribution in [3.63, 3.8) is 0 Å². The SMILES string of the molecule is CS(=O)(=O)N[C@@H](CCCCN)C(=O)NCC(CC1(C(=O)NC(=O)[C@@H](N)Cc2ccc(O)cc2)CCCC1)C(=O)O. The van der Waals surface area contributed by atoms with Crippen molar-refractivity contribution in [2.75, 3.05) is 19.3 Å². The zero-order valence-corrected chi connectivity index (χ0v) is 23.5. The molecule has 0 bridgehead atoms. The topological polar surface area (TPSA) is 231 Å². The van der Waals surface area contributed by atoms with E-state index in [2.05, 4.69) is 15.4 Å². The summed E-state index contributed by atoms with van der Waals surface area (Å²) in [6, 6.07) is 4.02. The Bertz CT molecular complexity index is 1140. The lowest BCUT2D eigenvalue weighted by atomic mass is 9.76. The molecule has 1 saturated carbocycles. The highest BCUT2D eigenvalue weighted by Crippen LogP contribution is 2.43. The molecule has 9 N–H and O–H groups in total. The van der Waals surface area contributed by atoms with Crippen LogP contribution in [0.15, 0.2) is 24.3 Å². The number of sulfonamides is 1. The predicted octanol–water partition coefficient (Wildman–Crippen LogP) is -0.281. The van der Waals surface area contributed by atoms with Crippen molar-refractivity contribution < 1.29 is 37.8 Å². The minimum absolute atomic E-state index is 0.0677. The number of carboxylic acid groups (broad SMARTS) is 1. The van der Waals surface area contributed by atoms with Gasteiger partial charge in [-0.25, -0.2) is 13.1 Å². The number of carbonyl (C=O) groups is 4. The summed E-state index contributed by atoms with van der Waals surface area (Å²) in [6.45, 7) is 0.0546. The van der Waals surface area contributed by atoms with E-state index in [1.807, 2.05) is 0 Å². The molecular weight excluding hydrogens is 542 g/mol. The van der Waals surface area contributed by atoms with E-state index in [-0.39, 0.29) is 31.6 Å². The van der Waals surface area contributed by atoms with Gasteiger partial charge in [-0.2, -0.15) is 0 Å². The predicted molar refractivity (Wildman–Crippen MR) is 147 cm³/mol. The molecule has 224 valence electrons. The lowest BCUT2D eigenvalue weighted by molar-refractivity contribution is -0.144. The molecular formula is C26H41N5O8S. The van der Waals surface area contributed by atoms with Gasteiger partial charge in [-0.05, 0) is 62.8 Å². The molecule has 40 heavy (non-hydrogen) atoms. The van der Waals surface area contributed by atoms with E-state index in [1.54, 1.807) is 12.1 Å². The van der Waals surface area contributed by atoms with Crippen LogP contribution in [0.25, 0.3) is 0 Å². The quantitative estimate of drug-likeness (QED) is 0.126. The third-order valence-corrected chi connectivity index (χ3v) is 7.85. The van der Waals surface area contributed by atoms with Gasteiger partial charge in [0.2, 0.25) is 27.7 Å². The van der Waals surface area contributed by atoms with Crippen molar-refractivity contribution in [3.8, 4) is 5.75 Å². The van der Waals surface area contributed by atoms with Crippen molar-refractivity contribution in [2.24, 2.45) is 22.8 Å². The second-order valence-corrected chi connectivity index (χ2v) is 12.3. The van der Waals surface area contributed by atoms with Gasteiger partial charge in [0.15, 0.2) is 0 Å². The Labute approximate surface area is 234 Å². The minimum Gasteiger partial charge on any atom is -0.508 e. The second kappa shape index (κ2) is 15.1. The average molecular weight is 584 g/mol. The summed E-state index contributed by atoms with van der Waals surface area (Å²) in [7, 11) is -3.71. The summed E-state index contributed by atoms with van der Waals surface area (Å²) in [5.41, 5.74) is 11.0. The molecule has 2 rings (SSSR count). The number of nitrogens with one attached hydrogen (secondary N) is 3. The summed E-state index contributed by atoms with van der Waals surface area (Å²) < 4.78 is 25.7. The van der Waals surface area contributed by atoms with Gasteiger partial charge in [-0.1, -0.05) is 31.4 Å². The standard InChI is InChI=1S/C26H41N5O8S/c1-40(38,39)31-21(6-2-5-13-27)23(34)29-16-18(24(35)36)15-26(11-3-4-12-26)25(37)30-22(33)20(28)14-17-7-9-19(32)10-8-17/h7-10,18,20-21,31-32H,2-6,11-16,27-28H2,1H3,(H,29,34)(H,35,36)(H,30,33,37)/t18?,20-,21-/m0/s1. The van der Waals surface area contributed by atoms with Crippen molar-refractivity contribution in [2.45, 2.75) is 69.9 Å². The number of phenols is 1. The van der Waals surface area contributed by atoms with E-state index in [1.165, 1.54) is 12.1 Å².